The average molecular weight is 791 g/mol. The highest BCUT2D eigenvalue weighted by atomic mass is 35.5. The molecule has 0 radical (unpaired) electrons. The van der Waals surface area contributed by atoms with E-state index >= 15 is 0 Å². The number of azo groups is 2. The van der Waals surface area contributed by atoms with Gasteiger partial charge in [-0.25, -0.2) is 23.7 Å². The number of Topliss-reactive ketones (excluding diaryl/α,β-unsaturated/α-hetero) is 1. The number of amides is 4. The number of ketones is 1. The van der Waals surface area contributed by atoms with Crippen molar-refractivity contribution in [2.24, 2.45) is 30.4 Å². The molecule has 0 fully saturated rings. The number of aromatic nitrogens is 4. The summed E-state index contributed by atoms with van der Waals surface area (Å²) in [5.74, 6) is -4.85. The molecular weight excluding hydrogens is 773 g/mol. The van der Waals surface area contributed by atoms with Crippen LogP contribution in [0.15, 0.2) is 97.2 Å². The maximum atomic E-state index is 14.8. The molecule has 0 aliphatic carbocycles. The molecule has 23 heteroatoms. The van der Waals surface area contributed by atoms with Crippen LogP contribution in [0.1, 0.15) is 28.8 Å². The number of fused-ring (bicyclic) bond motifs is 2. The van der Waals surface area contributed by atoms with E-state index in [1.807, 2.05) is 0 Å². The minimum absolute atomic E-state index is 0.309. The number of halogens is 3. The molecule has 2 aliphatic heterocycles. The number of aliphatic imine (C=N–C) groups is 2. The molecule has 5 aromatic rings. The molecule has 4 N–H and O–H groups in total. The van der Waals surface area contributed by atoms with Crippen molar-refractivity contribution in [2.75, 3.05) is 10.6 Å². The fourth-order valence-corrected chi connectivity index (χ4v) is 5.92. The van der Waals surface area contributed by atoms with Crippen molar-refractivity contribution in [1.29, 1.82) is 0 Å². The van der Waals surface area contributed by atoms with Gasteiger partial charge in [-0.1, -0.05) is 40.9 Å². The zero-order chi connectivity index (χ0) is 38.5. The molecular formula is C31H18Cl3N13O7. The molecule has 1 atom stereocenters. The van der Waals surface area contributed by atoms with Crippen LogP contribution in [0.3, 0.4) is 0 Å². The average Bonchev–Trinajstić information content (AvgIpc) is 3.90. The molecule has 54 heavy (non-hydrogen) atoms. The third kappa shape index (κ3) is 6.18. The number of carbonyl (C=O) groups excluding carboxylic acids is 3. The monoisotopic (exact) mass is 789 g/mol. The summed E-state index contributed by atoms with van der Waals surface area (Å²) in [4.78, 5) is 67.8. The molecule has 4 heterocycles. The zero-order valence-electron chi connectivity index (χ0n) is 26.8. The van der Waals surface area contributed by atoms with Crippen molar-refractivity contribution < 1.29 is 29.5 Å². The van der Waals surface area contributed by atoms with E-state index in [1.165, 1.54) is 67.6 Å². The molecule has 4 amide bonds. The van der Waals surface area contributed by atoms with Gasteiger partial charge >= 0.3 is 12.1 Å². The second-order valence-corrected chi connectivity index (χ2v) is 12.5. The lowest BCUT2D eigenvalue weighted by atomic mass is 9.78. The summed E-state index contributed by atoms with van der Waals surface area (Å²) in [7, 11) is 0. The zero-order valence-corrected chi connectivity index (χ0v) is 29.1. The van der Waals surface area contributed by atoms with E-state index in [0.717, 1.165) is 15.2 Å². The fourth-order valence-electron chi connectivity index (χ4n) is 5.39. The molecule has 0 saturated heterocycles. The van der Waals surface area contributed by atoms with Gasteiger partial charge in [0.1, 0.15) is 22.0 Å². The summed E-state index contributed by atoms with van der Waals surface area (Å²) in [5, 5.41) is 55.0. The van der Waals surface area contributed by atoms with Gasteiger partial charge in [-0.3, -0.25) is 14.9 Å². The minimum atomic E-state index is -2.38. The molecule has 2 aromatic heterocycles. The molecule has 2 aliphatic rings. The summed E-state index contributed by atoms with van der Waals surface area (Å²) < 4.78 is 1.79. The first kappa shape index (κ1) is 35.5. The van der Waals surface area contributed by atoms with E-state index in [0.29, 0.717) is 21.4 Å². The summed E-state index contributed by atoms with van der Waals surface area (Å²) in [5.41, 5.74) is -3.33. The van der Waals surface area contributed by atoms with E-state index in [1.54, 1.807) is 0 Å². The van der Waals surface area contributed by atoms with Crippen LogP contribution in [-0.4, -0.2) is 64.0 Å². The normalized spacial score (nSPS) is 15.3. The second kappa shape index (κ2) is 13.6. The Morgan fingerprint density at radius 3 is 1.93 bits per heavy atom. The Bertz CT molecular complexity index is 2560. The number of benzene rings is 3. The molecule has 1 unspecified atom stereocenters. The van der Waals surface area contributed by atoms with Gasteiger partial charge in [-0.2, -0.15) is 15.0 Å². The van der Waals surface area contributed by atoms with Gasteiger partial charge in [0, 0.05) is 33.0 Å². The maximum Gasteiger partial charge on any atom is 0.348 e. The number of urea groups is 2. The first-order valence-electron chi connectivity index (χ1n) is 15.0. The number of anilines is 2. The van der Waals surface area contributed by atoms with E-state index in [4.69, 9.17) is 34.8 Å². The summed E-state index contributed by atoms with van der Waals surface area (Å²) in [6.45, 7) is 1.20. The van der Waals surface area contributed by atoms with Crippen molar-refractivity contribution >= 4 is 93.4 Å². The number of hydrogen-bond acceptors (Lipinski definition) is 11. The predicted octanol–water partition coefficient (Wildman–Crippen LogP) is 7.62. The molecule has 0 spiro atoms. The Balaban J connectivity index is 1.36. The lowest BCUT2D eigenvalue weighted by Gasteiger charge is -2.26. The quantitative estimate of drug-likeness (QED) is 0.0716. The lowest BCUT2D eigenvalue weighted by Crippen LogP contribution is -2.39. The standard InChI is InChI=1S/C31H18Cl3N13O7/c1-31(21(48)17-3-2-4-18(19(17)34)47(53)54,20-24(50)46-26(37-20)43-44-28(46)40-30(52)36-16-11-7-14(33)8-12-16)25-38-23(49)22-41-42-27(45(22)25)39-29(51)35-15-9-5-13(32)6-10-15/h2-12,49-50H,1H3,(H,35,51)(H,36,52). The summed E-state index contributed by atoms with van der Waals surface area (Å²) in [6, 6.07) is 13.7. The van der Waals surface area contributed by atoms with Crippen LogP contribution >= 0.6 is 34.8 Å². The Morgan fingerprint density at radius 2 is 1.35 bits per heavy atom. The van der Waals surface area contributed by atoms with Crippen LogP contribution in [0.2, 0.25) is 15.1 Å². The summed E-state index contributed by atoms with van der Waals surface area (Å²) >= 11 is 18.2. The van der Waals surface area contributed by atoms with Gasteiger partial charge in [0.05, 0.1) is 4.92 Å². The number of hydrogen-bond donors (Lipinski definition) is 4. The Kier molecular flexibility index (Phi) is 8.93. The number of carbonyl (C=O) groups is 3. The van der Waals surface area contributed by atoms with E-state index in [9.17, 15) is 34.7 Å². The van der Waals surface area contributed by atoms with Crippen LogP contribution in [0, 0.1) is 10.1 Å². The molecule has 270 valence electrons. The molecule has 7 rings (SSSR count). The van der Waals surface area contributed by atoms with Crippen molar-refractivity contribution in [1.82, 2.24) is 19.1 Å². The maximum absolute atomic E-state index is 14.8. The van der Waals surface area contributed by atoms with Crippen LogP contribution in [-0.2, 0) is 5.41 Å². The molecule has 0 saturated carbocycles. The van der Waals surface area contributed by atoms with Gasteiger partial charge in [0.15, 0.2) is 5.78 Å². The molecule has 3 aromatic carbocycles. The number of aromatic hydroxyl groups is 2. The van der Waals surface area contributed by atoms with Crippen LogP contribution in [0.25, 0.3) is 0 Å². The number of nitro benzene ring substituents is 1. The van der Waals surface area contributed by atoms with Gasteiger partial charge in [-0.15, -0.1) is 20.5 Å². The highest BCUT2D eigenvalue weighted by Crippen LogP contribution is 2.47. The van der Waals surface area contributed by atoms with Gasteiger partial charge < -0.3 is 20.8 Å². The highest BCUT2D eigenvalue weighted by molar-refractivity contribution is 6.36. The van der Waals surface area contributed by atoms with Crippen molar-refractivity contribution in [3.63, 3.8) is 0 Å². The lowest BCUT2D eigenvalue weighted by molar-refractivity contribution is -0.384. The smallest absolute Gasteiger partial charge is 0.348 e. The largest absolute Gasteiger partial charge is 0.493 e. The highest BCUT2D eigenvalue weighted by Gasteiger charge is 2.51. The van der Waals surface area contributed by atoms with Crippen LogP contribution in [0.4, 0.5) is 38.4 Å². The second-order valence-electron chi connectivity index (χ2n) is 11.3. The predicted molar refractivity (Wildman–Crippen MR) is 192 cm³/mol. The van der Waals surface area contributed by atoms with Crippen molar-refractivity contribution in [3.05, 3.63) is 109 Å². The van der Waals surface area contributed by atoms with Gasteiger partial charge in [0.25, 0.3) is 29.4 Å². The van der Waals surface area contributed by atoms with E-state index in [2.05, 4.69) is 51.0 Å². The first-order chi connectivity index (χ1) is 25.8. The third-order valence-corrected chi connectivity index (χ3v) is 8.82. The topological polar surface area (TPSA) is 269 Å². The third-order valence-electron chi connectivity index (χ3n) is 7.92. The number of nitrogens with zero attached hydrogens (tertiary/aromatic N) is 11. The number of nitro groups is 1. The van der Waals surface area contributed by atoms with Crippen LogP contribution < -0.4 is 10.6 Å². The molecule has 0 bridgehead atoms. The Hall–Kier alpha value is -6.90. The SMILES string of the molecule is CC(C(=O)c1cccc([N+](=O)[O-])c1Cl)(c1nc2n(c1O)C(=NC(=O)Nc1ccc(Cl)cc1)N=N2)c1nc(O)c2n1C(=NC(=O)Nc1ccc(Cl)cc1)N=N2. The van der Waals surface area contributed by atoms with Crippen molar-refractivity contribution in [3.8, 4) is 11.8 Å². The number of rotatable bonds is 7. The Morgan fingerprint density at radius 1 is 0.796 bits per heavy atom. The van der Waals surface area contributed by atoms with E-state index in [-0.39, 0.29) is 11.8 Å². The van der Waals surface area contributed by atoms with Crippen molar-refractivity contribution in [2.45, 2.75) is 12.3 Å². The van der Waals surface area contributed by atoms with Crippen LogP contribution in [0.5, 0.6) is 11.8 Å². The minimum Gasteiger partial charge on any atom is -0.493 e. The summed E-state index contributed by atoms with van der Waals surface area (Å²) in [6.07, 6.45) is 0. The fraction of sp³-hybridized carbons (Fsp3) is 0.0645. The van der Waals surface area contributed by atoms with Gasteiger partial charge in [-0.05, 0) is 61.5 Å². The molecule has 20 nitrogen and oxygen atoms in total. The Labute approximate surface area is 315 Å². The van der Waals surface area contributed by atoms with E-state index < -0.39 is 79.7 Å². The number of nitrogens with one attached hydrogen (secondary N) is 2. The first-order valence-corrected chi connectivity index (χ1v) is 16.2. The number of imidazole rings is 2. The van der Waals surface area contributed by atoms with Gasteiger partial charge in [0.2, 0.25) is 11.7 Å².